The van der Waals surface area contributed by atoms with Crippen LogP contribution in [0.3, 0.4) is 0 Å². The second-order valence-electron chi connectivity index (χ2n) is 5.00. The maximum Gasteiger partial charge on any atom is 0.268 e. The van der Waals surface area contributed by atoms with Crippen LogP contribution in [0.15, 0.2) is 17.2 Å². The van der Waals surface area contributed by atoms with Gasteiger partial charge in [-0.1, -0.05) is 0 Å². The molecule has 1 aromatic heterocycles. The highest BCUT2D eigenvalue weighted by atomic mass is 32.2. The van der Waals surface area contributed by atoms with Crippen molar-refractivity contribution in [1.29, 1.82) is 0 Å². The van der Waals surface area contributed by atoms with Crippen LogP contribution in [0, 0.1) is 0 Å². The summed E-state index contributed by atoms with van der Waals surface area (Å²) in [7, 11) is -0.581. The van der Waals surface area contributed by atoms with Gasteiger partial charge in [-0.2, -0.15) is 0 Å². The molecule has 8 heteroatoms. The number of ether oxygens (including phenoxy) is 1. The third-order valence-corrected chi connectivity index (χ3v) is 4.49. The lowest BCUT2D eigenvalue weighted by Crippen LogP contribution is -2.41. The Labute approximate surface area is 118 Å². The number of sulfonamides is 1. The summed E-state index contributed by atoms with van der Waals surface area (Å²) in [5, 5.41) is 7.93. The molecule has 1 fully saturated rings. The van der Waals surface area contributed by atoms with Crippen molar-refractivity contribution >= 4 is 15.9 Å². The smallest absolute Gasteiger partial charge is 0.268 e. The van der Waals surface area contributed by atoms with Gasteiger partial charge in [0.05, 0.1) is 12.1 Å². The van der Waals surface area contributed by atoms with Gasteiger partial charge < -0.3 is 14.6 Å². The van der Waals surface area contributed by atoms with E-state index in [2.05, 4.69) is 5.32 Å². The predicted molar refractivity (Wildman–Crippen MR) is 72.7 cm³/mol. The number of primary sulfonamides is 1. The average Bonchev–Trinajstić information content (AvgIpc) is 2.94. The molecule has 1 aromatic rings. The number of carbonyl (C=O) groups is 1. The Morgan fingerprint density at radius 1 is 1.50 bits per heavy atom. The quantitative estimate of drug-likeness (QED) is 0.815. The van der Waals surface area contributed by atoms with Gasteiger partial charge in [0.2, 0.25) is 10.0 Å². The third-order valence-electron chi connectivity index (χ3n) is 3.61. The zero-order valence-electron chi connectivity index (χ0n) is 11.5. The number of hydrogen-bond donors (Lipinski definition) is 2. The fourth-order valence-electron chi connectivity index (χ4n) is 2.53. The van der Waals surface area contributed by atoms with Gasteiger partial charge in [-0.05, 0) is 25.3 Å². The normalized spacial score (nSPS) is 22.9. The van der Waals surface area contributed by atoms with Crippen molar-refractivity contribution in [3.8, 4) is 0 Å². The molecule has 0 spiro atoms. The molecule has 0 radical (unpaired) electrons. The van der Waals surface area contributed by atoms with Gasteiger partial charge in [0, 0.05) is 20.4 Å². The monoisotopic (exact) mass is 301 g/mol. The number of carbonyl (C=O) groups excluding carboxylic acids is 1. The van der Waals surface area contributed by atoms with Gasteiger partial charge in [-0.15, -0.1) is 0 Å². The molecule has 1 aliphatic rings. The number of nitrogens with two attached hydrogens (primary N) is 1. The molecular weight excluding hydrogens is 282 g/mol. The van der Waals surface area contributed by atoms with Crippen LogP contribution in [-0.2, 0) is 21.8 Å². The van der Waals surface area contributed by atoms with Crippen LogP contribution in [0.25, 0.3) is 0 Å². The first-order valence-corrected chi connectivity index (χ1v) is 7.90. The summed E-state index contributed by atoms with van der Waals surface area (Å²) in [5.41, 5.74) is 0.260. The van der Waals surface area contributed by atoms with E-state index in [-0.39, 0.29) is 28.6 Å². The molecule has 2 rings (SSSR count). The number of amides is 1. The number of rotatable bonds is 4. The number of aromatic nitrogens is 1. The minimum atomic E-state index is -3.81. The molecule has 2 atom stereocenters. The Bertz CT molecular complexity index is 608. The Morgan fingerprint density at radius 2 is 2.20 bits per heavy atom. The molecule has 1 saturated carbocycles. The molecule has 0 bridgehead atoms. The van der Waals surface area contributed by atoms with Crippen molar-refractivity contribution in [2.75, 3.05) is 7.11 Å². The third kappa shape index (κ3) is 3.02. The van der Waals surface area contributed by atoms with Crippen LogP contribution in [0.5, 0.6) is 0 Å². The molecular formula is C12H19N3O4S. The average molecular weight is 301 g/mol. The van der Waals surface area contributed by atoms with E-state index < -0.39 is 10.0 Å². The van der Waals surface area contributed by atoms with Gasteiger partial charge in [-0.25, -0.2) is 13.6 Å². The van der Waals surface area contributed by atoms with Crippen molar-refractivity contribution in [2.24, 2.45) is 12.2 Å². The largest absolute Gasteiger partial charge is 0.379 e. The second kappa shape index (κ2) is 5.55. The predicted octanol–water partition coefficient (Wildman–Crippen LogP) is -0.0302. The van der Waals surface area contributed by atoms with Crippen LogP contribution >= 0.6 is 0 Å². The topological polar surface area (TPSA) is 103 Å². The van der Waals surface area contributed by atoms with E-state index >= 15 is 0 Å². The molecule has 20 heavy (non-hydrogen) atoms. The molecule has 7 nitrogen and oxygen atoms in total. The van der Waals surface area contributed by atoms with Gasteiger partial charge in [0.15, 0.2) is 0 Å². The van der Waals surface area contributed by atoms with E-state index in [1.54, 1.807) is 14.2 Å². The van der Waals surface area contributed by atoms with Crippen molar-refractivity contribution < 1.29 is 17.9 Å². The van der Waals surface area contributed by atoms with Gasteiger partial charge >= 0.3 is 0 Å². The number of methoxy groups -OCH3 is 1. The SMILES string of the molecule is COC1CCCC1NC(=O)c1cc(S(N)(=O)=O)cn1C. The molecule has 112 valence electrons. The minimum absolute atomic E-state index is 0.0110. The molecule has 3 N–H and O–H groups in total. The first kappa shape index (κ1) is 15.0. The first-order valence-electron chi connectivity index (χ1n) is 6.35. The zero-order chi connectivity index (χ0) is 14.9. The van der Waals surface area contributed by atoms with Gasteiger partial charge in [0.1, 0.15) is 10.6 Å². The lowest BCUT2D eigenvalue weighted by atomic mass is 10.2. The van der Waals surface area contributed by atoms with Crippen molar-refractivity contribution in [3.63, 3.8) is 0 Å². The summed E-state index contributed by atoms with van der Waals surface area (Å²) in [4.78, 5) is 12.1. The Hall–Kier alpha value is -1.38. The summed E-state index contributed by atoms with van der Waals surface area (Å²) in [5.74, 6) is -0.323. The van der Waals surface area contributed by atoms with Crippen LogP contribution in [0.1, 0.15) is 29.8 Å². The standard InChI is InChI=1S/C12H19N3O4S/c1-15-7-8(20(13,17)18)6-10(15)12(16)14-9-4-3-5-11(9)19-2/h6-7,9,11H,3-5H2,1-2H3,(H,14,16)(H2,13,17,18). The molecule has 2 unspecified atom stereocenters. The van der Waals surface area contributed by atoms with Crippen molar-refractivity contribution in [3.05, 3.63) is 18.0 Å². The van der Waals surface area contributed by atoms with E-state index in [1.807, 2.05) is 0 Å². The number of hydrogen-bond acceptors (Lipinski definition) is 4. The molecule has 0 aliphatic heterocycles. The van der Waals surface area contributed by atoms with Crippen molar-refractivity contribution in [1.82, 2.24) is 9.88 Å². The zero-order valence-corrected chi connectivity index (χ0v) is 12.3. The van der Waals surface area contributed by atoms with E-state index in [4.69, 9.17) is 9.88 Å². The Kier molecular flexibility index (Phi) is 4.17. The number of nitrogens with zero attached hydrogens (tertiary/aromatic N) is 1. The summed E-state index contributed by atoms with van der Waals surface area (Å²) < 4.78 is 29.3. The minimum Gasteiger partial charge on any atom is -0.379 e. The molecule has 1 aliphatic carbocycles. The fraction of sp³-hybridized carbons (Fsp3) is 0.583. The van der Waals surface area contributed by atoms with Gasteiger partial charge in [0.25, 0.3) is 5.91 Å². The second-order valence-corrected chi connectivity index (χ2v) is 6.56. The molecule has 1 heterocycles. The Balaban J connectivity index is 2.16. The summed E-state index contributed by atoms with van der Waals surface area (Å²) in [6.45, 7) is 0. The van der Waals surface area contributed by atoms with E-state index in [9.17, 15) is 13.2 Å². The summed E-state index contributed by atoms with van der Waals surface area (Å²) >= 11 is 0. The van der Waals surface area contributed by atoms with E-state index in [0.717, 1.165) is 19.3 Å². The van der Waals surface area contributed by atoms with Gasteiger partial charge in [-0.3, -0.25) is 4.79 Å². The highest BCUT2D eigenvalue weighted by Crippen LogP contribution is 2.22. The van der Waals surface area contributed by atoms with E-state index in [1.165, 1.54) is 16.8 Å². The number of nitrogens with one attached hydrogen (secondary N) is 1. The highest BCUT2D eigenvalue weighted by molar-refractivity contribution is 7.89. The molecule has 0 aromatic carbocycles. The van der Waals surface area contributed by atoms with Crippen LogP contribution in [0.4, 0.5) is 0 Å². The lowest BCUT2D eigenvalue weighted by molar-refractivity contribution is 0.0717. The van der Waals surface area contributed by atoms with Crippen LogP contribution in [-0.4, -0.2) is 38.1 Å². The summed E-state index contributed by atoms with van der Waals surface area (Å²) in [6, 6.07) is 1.24. The van der Waals surface area contributed by atoms with Crippen LogP contribution < -0.4 is 10.5 Å². The van der Waals surface area contributed by atoms with E-state index in [0.29, 0.717) is 0 Å². The first-order chi connectivity index (χ1) is 9.32. The number of aryl methyl sites for hydroxylation is 1. The fourth-order valence-corrected chi connectivity index (χ4v) is 3.11. The molecule has 1 amide bonds. The lowest BCUT2D eigenvalue weighted by Gasteiger charge is -2.19. The summed E-state index contributed by atoms with van der Waals surface area (Å²) in [6.07, 6.45) is 4.11. The van der Waals surface area contributed by atoms with Crippen LogP contribution in [0.2, 0.25) is 0 Å². The highest BCUT2D eigenvalue weighted by Gasteiger charge is 2.29. The maximum atomic E-state index is 12.2. The van der Waals surface area contributed by atoms with Crippen molar-refractivity contribution in [2.45, 2.75) is 36.3 Å². The maximum absolute atomic E-state index is 12.2. The Morgan fingerprint density at radius 3 is 2.75 bits per heavy atom. The molecule has 0 saturated heterocycles.